The van der Waals surface area contributed by atoms with Gasteiger partial charge in [-0.2, -0.15) is 0 Å². The molecule has 1 aromatic rings. The summed E-state index contributed by atoms with van der Waals surface area (Å²) >= 11 is 0. The van der Waals surface area contributed by atoms with E-state index in [1.54, 1.807) is 12.4 Å². The van der Waals surface area contributed by atoms with Crippen molar-refractivity contribution in [1.29, 1.82) is 0 Å². The van der Waals surface area contributed by atoms with Gasteiger partial charge in [0.15, 0.2) is 0 Å². The molecule has 0 bridgehead atoms. The average Bonchev–Trinajstić information content (AvgIpc) is 3.21. The fourth-order valence-electron chi connectivity index (χ4n) is 4.45. The molecule has 2 aliphatic heterocycles. The predicted molar refractivity (Wildman–Crippen MR) is 98.4 cm³/mol. The minimum absolute atomic E-state index is 0.0381. The first-order valence-corrected chi connectivity index (χ1v) is 9.75. The van der Waals surface area contributed by atoms with E-state index < -0.39 is 0 Å². The highest BCUT2D eigenvalue weighted by atomic mass is 16.5. The summed E-state index contributed by atoms with van der Waals surface area (Å²) < 4.78 is 11.8. The lowest BCUT2D eigenvalue weighted by molar-refractivity contribution is -0.130. The van der Waals surface area contributed by atoms with Crippen molar-refractivity contribution in [3.63, 3.8) is 0 Å². The molecule has 26 heavy (non-hydrogen) atoms. The van der Waals surface area contributed by atoms with Gasteiger partial charge in [0, 0.05) is 43.2 Å². The average molecular weight is 356 g/mol. The minimum Gasteiger partial charge on any atom is -0.380 e. The Morgan fingerprint density at radius 1 is 1.35 bits per heavy atom. The monoisotopic (exact) mass is 356 g/mol. The third-order valence-corrected chi connectivity index (χ3v) is 6.04. The Morgan fingerprint density at radius 3 is 3.04 bits per heavy atom. The Balaban J connectivity index is 1.33. The SMILES string of the molecule is O=C(CC1=CCCCC1)N1C[C@@H]2COC[C@]2(COCc2ccncc2)C1. The van der Waals surface area contributed by atoms with E-state index in [0.29, 0.717) is 32.2 Å². The molecule has 2 fully saturated rings. The molecule has 1 aromatic heterocycles. The van der Waals surface area contributed by atoms with Gasteiger partial charge in [-0.1, -0.05) is 11.6 Å². The number of hydrogen-bond acceptors (Lipinski definition) is 4. The van der Waals surface area contributed by atoms with Crippen LogP contribution in [0.4, 0.5) is 0 Å². The third-order valence-electron chi connectivity index (χ3n) is 6.04. The van der Waals surface area contributed by atoms with Crippen molar-refractivity contribution in [3.8, 4) is 0 Å². The molecular formula is C21H28N2O3. The van der Waals surface area contributed by atoms with Gasteiger partial charge >= 0.3 is 0 Å². The Hall–Kier alpha value is -1.72. The van der Waals surface area contributed by atoms with Crippen molar-refractivity contribution in [2.45, 2.75) is 38.7 Å². The second-order valence-corrected chi connectivity index (χ2v) is 7.98. The van der Waals surface area contributed by atoms with Gasteiger partial charge in [-0.05, 0) is 43.4 Å². The summed E-state index contributed by atoms with van der Waals surface area (Å²) in [6, 6.07) is 3.95. The first-order valence-electron chi connectivity index (χ1n) is 9.75. The van der Waals surface area contributed by atoms with Crippen molar-refractivity contribution in [2.75, 3.05) is 32.9 Å². The van der Waals surface area contributed by atoms with Gasteiger partial charge in [-0.15, -0.1) is 0 Å². The van der Waals surface area contributed by atoms with Crippen molar-refractivity contribution >= 4 is 5.91 Å². The first kappa shape index (κ1) is 17.7. The summed E-state index contributed by atoms with van der Waals surface area (Å²) in [6.45, 7) is 4.24. The molecule has 5 heteroatoms. The van der Waals surface area contributed by atoms with E-state index in [9.17, 15) is 4.79 Å². The van der Waals surface area contributed by atoms with Gasteiger partial charge in [0.2, 0.25) is 5.91 Å². The third kappa shape index (κ3) is 3.84. The topological polar surface area (TPSA) is 51.7 Å². The lowest BCUT2D eigenvalue weighted by Crippen LogP contribution is -2.37. The number of pyridine rings is 1. The number of amides is 1. The quantitative estimate of drug-likeness (QED) is 0.736. The molecule has 2 atom stereocenters. The summed E-state index contributed by atoms with van der Waals surface area (Å²) in [4.78, 5) is 18.9. The highest BCUT2D eigenvalue weighted by Crippen LogP contribution is 2.42. The van der Waals surface area contributed by atoms with Crippen molar-refractivity contribution in [2.24, 2.45) is 11.3 Å². The van der Waals surface area contributed by atoms with Crippen LogP contribution in [-0.2, 0) is 20.9 Å². The molecule has 3 heterocycles. The Kier molecular flexibility index (Phi) is 5.36. The van der Waals surface area contributed by atoms with Crippen molar-refractivity contribution < 1.29 is 14.3 Å². The molecule has 0 N–H and O–H groups in total. The lowest BCUT2D eigenvalue weighted by atomic mass is 9.82. The number of aromatic nitrogens is 1. The summed E-state index contributed by atoms with van der Waals surface area (Å²) in [5.41, 5.74) is 2.42. The molecule has 0 unspecified atom stereocenters. The van der Waals surface area contributed by atoms with Crippen LogP contribution in [0.5, 0.6) is 0 Å². The Bertz CT molecular complexity index is 660. The van der Waals surface area contributed by atoms with Crippen LogP contribution in [0.25, 0.3) is 0 Å². The lowest BCUT2D eigenvalue weighted by Gasteiger charge is -2.27. The van der Waals surface area contributed by atoms with Crippen LogP contribution in [0, 0.1) is 11.3 Å². The fourth-order valence-corrected chi connectivity index (χ4v) is 4.45. The molecule has 0 aromatic carbocycles. The van der Waals surface area contributed by atoms with Crippen LogP contribution in [0.3, 0.4) is 0 Å². The Morgan fingerprint density at radius 2 is 2.23 bits per heavy atom. The van der Waals surface area contributed by atoms with Crippen LogP contribution in [-0.4, -0.2) is 48.7 Å². The summed E-state index contributed by atoms with van der Waals surface area (Å²) in [5.74, 6) is 0.672. The van der Waals surface area contributed by atoms with Gasteiger partial charge < -0.3 is 14.4 Å². The molecular weight excluding hydrogens is 328 g/mol. The number of ether oxygens (including phenoxy) is 2. The zero-order chi connectivity index (χ0) is 17.8. The number of carbonyl (C=O) groups is 1. The standard InChI is InChI=1S/C21H28N2O3/c24-20(10-17-4-2-1-3-5-17)23-11-19-13-26-16-21(19,14-23)15-25-12-18-6-8-22-9-7-18/h4,6-9,19H,1-3,5,10-16H2/t19-,21-/m1/s1. The van der Waals surface area contributed by atoms with E-state index >= 15 is 0 Å². The van der Waals surface area contributed by atoms with Gasteiger partial charge in [0.25, 0.3) is 0 Å². The number of carbonyl (C=O) groups excluding carboxylic acids is 1. The second-order valence-electron chi connectivity index (χ2n) is 7.98. The summed E-state index contributed by atoms with van der Waals surface area (Å²) in [5, 5.41) is 0. The van der Waals surface area contributed by atoms with E-state index in [-0.39, 0.29) is 11.3 Å². The smallest absolute Gasteiger partial charge is 0.226 e. The largest absolute Gasteiger partial charge is 0.380 e. The normalized spacial score (nSPS) is 28.1. The van der Waals surface area contributed by atoms with E-state index in [1.807, 2.05) is 12.1 Å². The van der Waals surface area contributed by atoms with Crippen LogP contribution in [0.2, 0.25) is 0 Å². The maximum Gasteiger partial charge on any atom is 0.226 e. The van der Waals surface area contributed by atoms with Gasteiger partial charge in [-0.3, -0.25) is 9.78 Å². The van der Waals surface area contributed by atoms with E-state index in [4.69, 9.17) is 9.47 Å². The van der Waals surface area contributed by atoms with Crippen molar-refractivity contribution in [1.82, 2.24) is 9.88 Å². The highest BCUT2D eigenvalue weighted by molar-refractivity contribution is 5.79. The zero-order valence-electron chi connectivity index (χ0n) is 15.4. The Labute approximate surface area is 155 Å². The van der Waals surface area contributed by atoms with E-state index in [1.165, 1.54) is 18.4 Å². The fraction of sp³-hybridized carbons (Fsp3) is 0.619. The predicted octanol–water partition coefficient (Wildman–Crippen LogP) is 2.96. The maximum atomic E-state index is 12.8. The van der Waals surface area contributed by atoms with Crippen molar-refractivity contribution in [3.05, 3.63) is 41.7 Å². The van der Waals surface area contributed by atoms with Gasteiger partial charge in [-0.25, -0.2) is 0 Å². The van der Waals surface area contributed by atoms with E-state index in [2.05, 4.69) is 16.0 Å². The molecule has 1 amide bonds. The van der Waals surface area contributed by atoms with Crippen LogP contribution in [0.1, 0.15) is 37.7 Å². The summed E-state index contributed by atoms with van der Waals surface area (Å²) in [6.07, 6.45) is 11.2. The maximum absolute atomic E-state index is 12.8. The number of allylic oxidation sites excluding steroid dienone is 1. The molecule has 5 nitrogen and oxygen atoms in total. The van der Waals surface area contributed by atoms with Crippen LogP contribution in [0.15, 0.2) is 36.2 Å². The first-order chi connectivity index (χ1) is 12.8. The summed E-state index contributed by atoms with van der Waals surface area (Å²) in [7, 11) is 0. The number of hydrogen-bond donors (Lipinski definition) is 0. The number of likely N-dealkylation sites (tertiary alicyclic amines) is 1. The van der Waals surface area contributed by atoms with E-state index in [0.717, 1.165) is 38.1 Å². The molecule has 3 aliphatic rings. The molecule has 140 valence electrons. The van der Waals surface area contributed by atoms with Gasteiger partial charge in [0.1, 0.15) is 0 Å². The number of rotatable bonds is 6. The molecule has 0 spiro atoms. The van der Waals surface area contributed by atoms with Crippen LogP contribution >= 0.6 is 0 Å². The zero-order valence-corrected chi connectivity index (χ0v) is 15.4. The molecule has 4 rings (SSSR count). The molecule has 0 saturated carbocycles. The highest BCUT2D eigenvalue weighted by Gasteiger charge is 2.51. The second kappa shape index (κ2) is 7.89. The molecule has 2 saturated heterocycles. The molecule has 1 aliphatic carbocycles. The number of fused-ring (bicyclic) bond motifs is 1. The minimum atomic E-state index is -0.0381. The van der Waals surface area contributed by atoms with Gasteiger partial charge in [0.05, 0.1) is 26.4 Å². The number of nitrogens with zero attached hydrogens (tertiary/aromatic N) is 2. The van der Waals surface area contributed by atoms with Crippen LogP contribution < -0.4 is 0 Å². The molecule has 0 radical (unpaired) electrons.